The lowest BCUT2D eigenvalue weighted by Crippen LogP contribution is -2.34. The minimum atomic E-state index is 0.525. The van der Waals surface area contributed by atoms with Gasteiger partial charge in [0.25, 0.3) is 0 Å². The van der Waals surface area contributed by atoms with Crippen LogP contribution in [0, 0.1) is 0 Å². The Hall–Kier alpha value is -0.380. The monoisotopic (exact) mass is 269 g/mol. The smallest absolute Gasteiger partial charge is 0.0619 e. The van der Waals surface area contributed by atoms with Crippen molar-refractivity contribution in [2.45, 2.75) is 52.0 Å². The molecule has 0 saturated heterocycles. The van der Waals surface area contributed by atoms with E-state index >= 15 is 0 Å². The summed E-state index contributed by atoms with van der Waals surface area (Å²) >= 11 is 1.86. The quantitative estimate of drug-likeness (QED) is 0.616. The van der Waals surface area contributed by atoms with Crippen molar-refractivity contribution in [3.63, 3.8) is 0 Å². The second-order valence-electron chi connectivity index (χ2n) is 4.70. The first kappa shape index (κ1) is 15.7. The Bertz CT molecular complexity index is 274. The van der Waals surface area contributed by atoms with Gasteiger partial charge in [-0.3, -0.25) is 0 Å². The molecule has 1 atom stereocenters. The van der Waals surface area contributed by atoms with E-state index in [1.807, 2.05) is 11.3 Å². The Labute approximate surface area is 116 Å². The molecular weight excluding hydrogens is 242 g/mol. The van der Waals surface area contributed by atoms with Crippen molar-refractivity contribution >= 4 is 11.3 Å². The molecule has 3 heteroatoms. The highest BCUT2D eigenvalue weighted by Crippen LogP contribution is 2.13. The minimum Gasteiger partial charge on any atom is -0.380 e. The van der Waals surface area contributed by atoms with Crippen LogP contribution in [0.1, 0.15) is 44.4 Å². The number of hydrogen-bond acceptors (Lipinski definition) is 3. The van der Waals surface area contributed by atoms with Crippen LogP contribution in [-0.4, -0.2) is 25.8 Å². The number of ether oxygens (including phenoxy) is 1. The molecule has 1 aromatic rings. The van der Waals surface area contributed by atoms with Crippen LogP contribution in [-0.2, 0) is 11.2 Å². The fourth-order valence-corrected chi connectivity index (χ4v) is 2.69. The topological polar surface area (TPSA) is 21.3 Å². The van der Waals surface area contributed by atoms with Crippen LogP contribution >= 0.6 is 11.3 Å². The van der Waals surface area contributed by atoms with E-state index in [9.17, 15) is 0 Å². The van der Waals surface area contributed by atoms with Gasteiger partial charge in [-0.2, -0.15) is 0 Å². The Morgan fingerprint density at radius 1 is 1.33 bits per heavy atom. The van der Waals surface area contributed by atoms with Gasteiger partial charge in [-0.05, 0) is 50.1 Å². The summed E-state index contributed by atoms with van der Waals surface area (Å²) < 4.78 is 5.67. The maximum absolute atomic E-state index is 5.67. The molecule has 0 saturated carbocycles. The summed E-state index contributed by atoms with van der Waals surface area (Å²) in [7, 11) is 0. The first-order valence-corrected chi connectivity index (χ1v) is 8.08. The molecule has 0 aliphatic rings. The highest BCUT2D eigenvalue weighted by molar-refractivity contribution is 7.09. The molecule has 1 rings (SSSR count). The van der Waals surface area contributed by atoms with E-state index in [1.54, 1.807) is 0 Å². The number of aryl methyl sites for hydroxylation is 1. The molecule has 2 nitrogen and oxygen atoms in total. The summed E-state index contributed by atoms with van der Waals surface area (Å²) in [5, 5.41) is 5.75. The van der Waals surface area contributed by atoms with Gasteiger partial charge in [0.1, 0.15) is 0 Å². The standard InChI is InChI=1S/C15H27NOS/c1-3-10-16-14(13-17-11-4-2)7-5-8-15-9-6-12-18-15/h6,9,12,14,16H,3-5,7-8,10-11,13H2,1-2H3. The SMILES string of the molecule is CCCNC(CCCc1cccs1)COCCC. The van der Waals surface area contributed by atoms with Crippen LogP contribution in [0.4, 0.5) is 0 Å². The Morgan fingerprint density at radius 3 is 2.89 bits per heavy atom. The zero-order valence-electron chi connectivity index (χ0n) is 11.8. The summed E-state index contributed by atoms with van der Waals surface area (Å²) in [6, 6.07) is 4.89. The summed E-state index contributed by atoms with van der Waals surface area (Å²) in [5.41, 5.74) is 0. The van der Waals surface area contributed by atoms with Crippen molar-refractivity contribution in [3.8, 4) is 0 Å². The van der Waals surface area contributed by atoms with Crippen LogP contribution in [0.5, 0.6) is 0 Å². The van der Waals surface area contributed by atoms with Crippen molar-refractivity contribution in [2.75, 3.05) is 19.8 Å². The van der Waals surface area contributed by atoms with Crippen molar-refractivity contribution in [1.82, 2.24) is 5.32 Å². The molecule has 0 radical (unpaired) electrons. The summed E-state index contributed by atoms with van der Waals surface area (Å²) in [6.45, 7) is 7.21. The maximum atomic E-state index is 5.67. The third-order valence-electron chi connectivity index (χ3n) is 2.91. The molecule has 0 amide bonds. The number of rotatable bonds is 11. The van der Waals surface area contributed by atoms with Crippen LogP contribution in [0.2, 0.25) is 0 Å². The molecule has 18 heavy (non-hydrogen) atoms. The lowest BCUT2D eigenvalue weighted by Gasteiger charge is -2.18. The fourth-order valence-electron chi connectivity index (χ4n) is 1.94. The molecule has 0 aliphatic heterocycles. The van der Waals surface area contributed by atoms with Gasteiger partial charge in [-0.25, -0.2) is 0 Å². The number of nitrogens with one attached hydrogen (secondary N) is 1. The van der Waals surface area contributed by atoms with Gasteiger partial charge in [0.15, 0.2) is 0 Å². The lowest BCUT2D eigenvalue weighted by molar-refractivity contribution is 0.109. The Balaban J connectivity index is 2.17. The molecule has 1 aromatic heterocycles. The Kier molecular flexibility index (Phi) is 9.17. The molecule has 0 aromatic carbocycles. The van der Waals surface area contributed by atoms with Crippen LogP contribution in [0.25, 0.3) is 0 Å². The highest BCUT2D eigenvalue weighted by atomic mass is 32.1. The summed E-state index contributed by atoms with van der Waals surface area (Å²) in [4.78, 5) is 1.50. The van der Waals surface area contributed by atoms with E-state index in [0.717, 1.165) is 26.2 Å². The van der Waals surface area contributed by atoms with E-state index in [2.05, 4.69) is 36.7 Å². The van der Waals surface area contributed by atoms with Gasteiger partial charge in [0.2, 0.25) is 0 Å². The number of hydrogen-bond donors (Lipinski definition) is 1. The second kappa shape index (κ2) is 10.5. The molecule has 0 aliphatic carbocycles. The van der Waals surface area contributed by atoms with Gasteiger partial charge in [-0.1, -0.05) is 19.9 Å². The number of thiophene rings is 1. The molecule has 1 heterocycles. The van der Waals surface area contributed by atoms with Crippen LogP contribution in [0.3, 0.4) is 0 Å². The molecular formula is C15H27NOS. The van der Waals surface area contributed by atoms with E-state index in [0.29, 0.717) is 6.04 Å². The van der Waals surface area contributed by atoms with Gasteiger partial charge in [0, 0.05) is 17.5 Å². The normalized spacial score (nSPS) is 12.8. The summed E-state index contributed by atoms with van der Waals surface area (Å²) in [5.74, 6) is 0. The Morgan fingerprint density at radius 2 is 2.22 bits per heavy atom. The first-order chi connectivity index (χ1) is 8.86. The van der Waals surface area contributed by atoms with Gasteiger partial charge in [-0.15, -0.1) is 11.3 Å². The van der Waals surface area contributed by atoms with E-state index < -0.39 is 0 Å². The lowest BCUT2D eigenvalue weighted by atomic mass is 10.1. The summed E-state index contributed by atoms with van der Waals surface area (Å²) in [6.07, 6.45) is 5.96. The second-order valence-corrected chi connectivity index (χ2v) is 5.73. The van der Waals surface area contributed by atoms with E-state index in [1.165, 1.54) is 30.6 Å². The predicted molar refractivity (Wildman–Crippen MR) is 80.4 cm³/mol. The average Bonchev–Trinajstić information content (AvgIpc) is 2.88. The molecule has 1 unspecified atom stereocenters. The zero-order valence-corrected chi connectivity index (χ0v) is 12.6. The van der Waals surface area contributed by atoms with Gasteiger partial charge < -0.3 is 10.1 Å². The van der Waals surface area contributed by atoms with Gasteiger partial charge in [0.05, 0.1) is 6.61 Å². The maximum Gasteiger partial charge on any atom is 0.0619 e. The minimum absolute atomic E-state index is 0.525. The zero-order chi connectivity index (χ0) is 13.1. The third kappa shape index (κ3) is 7.14. The highest BCUT2D eigenvalue weighted by Gasteiger charge is 2.07. The van der Waals surface area contributed by atoms with E-state index in [4.69, 9.17) is 4.74 Å². The first-order valence-electron chi connectivity index (χ1n) is 7.20. The third-order valence-corrected chi connectivity index (χ3v) is 3.84. The van der Waals surface area contributed by atoms with Crippen molar-refractivity contribution < 1.29 is 4.74 Å². The van der Waals surface area contributed by atoms with Crippen LogP contribution < -0.4 is 5.32 Å². The predicted octanol–water partition coefficient (Wildman–Crippen LogP) is 3.87. The van der Waals surface area contributed by atoms with Crippen molar-refractivity contribution in [3.05, 3.63) is 22.4 Å². The van der Waals surface area contributed by atoms with E-state index in [-0.39, 0.29) is 0 Å². The van der Waals surface area contributed by atoms with Crippen molar-refractivity contribution in [2.24, 2.45) is 0 Å². The van der Waals surface area contributed by atoms with Gasteiger partial charge >= 0.3 is 0 Å². The fraction of sp³-hybridized carbons (Fsp3) is 0.733. The average molecular weight is 269 g/mol. The van der Waals surface area contributed by atoms with Crippen LogP contribution in [0.15, 0.2) is 17.5 Å². The van der Waals surface area contributed by atoms with Crippen molar-refractivity contribution in [1.29, 1.82) is 0 Å². The molecule has 0 bridgehead atoms. The molecule has 0 fully saturated rings. The molecule has 104 valence electrons. The molecule has 0 spiro atoms. The molecule has 1 N–H and O–H groups in total. The largest absolute Gasteiger partial charge is 0.380 e.